The monoisotopic (exact) mass is 245 g/mol. The van der Waals surface area contributed by atoms with Gasteiger partial charge in [-0.1, -0.05) is 0 Å². The van der Waals surface area contributed by atoms with E-state index in [2.05, 4.69) is 19.7 Å². The molecule has 2 aromatic rings. The Hall–Kier alpha value is -2.50. The fraction of sp³-hybridized carbons (Fsp3) is 0.167. The molecule has 1 heterocycles. The van der Waals surface area contributed by atoms with Crippen LogP contribution >= 0.6 is 0 Å². The second-order valence-electron chi connectivity index (χ2n) is 3.35. The molecule has 0 saturated carbocycles. The number of benzene rings is 1. The summed E-state index contributed by atoms with van der Waals surface area (Å²) in [6, 6.07) is 7.09. The summed E-state index contributed by atoms with van der Waals surface area (Å²) in [5.74, 6) is 0.749. The van der Waals surface area contributed by atoms with Gasteiger partial charge in [0, 0.05) is 5.56 Å². The van der Waals surface area contributed by atoms with Crippen molar-refractivity contribution in [3.8, 4) is 17.1 Å². The lowest BCUT2D eigenvalue weighted by Crippen LogP contribution is -2.12. The van der Waals surface area contributed by atoms with E-state index in [9.17, 15) is 4.79 Å². The molecule has 0 unspecified atom stereocenters. The molecule has 0 N–H and O–H groups in total. The summed E-state index contributed by atoms with van der Waals surface area (Å²) in [5, 5.41) is 0. The van der Waals surface area contributed by atoms with Crippen LogP contribution < -0.4 is 4.74 Å². The Balaban J connectivity index is 2.04. The van der Waals surface area contributed by atoms with E-state index in [0.717, 1.165) is 5.56 Å². The number of ether oxygens (including phenoxy) is 2. The van der Waals surface area contributed by atoms with E-state index in [4.69, 9.17) is 4.74 Å². The van der Waals surface area contributed by atoms with Crippen molar-refractivity contribution in [3.63, 3.8) is 0 Å². The van der Waals surface area contributed by atoms with Crippen molar-refractivity contribution in [2.75, 3.05) is 13.7 Å². The molecule has 0 fully saturated rings. The minimum Gasteiger partial charge on any atom is -0.482 e. The van der Waals surface area contributed by atoms with Gasteiger partial charge in [-0.05, 0) is 24.3 Å². The van der Waals surface area contributed by atoms with Gasteiger partial charge in [0.25, 0.3) is 0 Å². The second kappa shape index (κ2) is 5.72. The second-order valence-corrected chi connectivity index (χ2v) is 3.35. The van der Waals surface area contributed by atoms with Crippen LogP contribution in [-0.2, 0) is 9.53 Å². The minimum absolute atomic E-state index is 0.110. The molecule has 0 bridgehead atoms. The lowest BCUT2D eigenvalue weighted by Gasteiger charge is -2.05. The fourth-order valence-corrected chi connectivity index (χ4v) is 1.29. The fourth-order valence-electron chi connectivity index (χ4n) is 1.29. The summed E-state index contributed by atoms with van der Waals surface area (Å²) in [7, 11) is 1.32. The Morgan fingerprint density at radius 3 is 2.44 bits per heavy atom. The molecular formula is C12H11N3O3. The third kappa shape index (κ3) is 3.00. The normalized spacial score (nSPS) is 9.83. The molecular weight excluding hydrogens is 234 g/mol. The minimum atomic E-state index is -0.420. The molecule has 0 aliphatic carbocycles. The molecule has 0 radical (unpaired) electrons. The third-order valence-electron chi connectivity index (χ3n) is 2.19. The van der Waals surface area contributed by atoms with Crippen LogP contribution in [0.15, 0.2) is 36.9 Å². The van der Waals surface area contributed by atoms with Crippen molar-refractivity contribution in [2.45, 2.75) is 0 Å². The molecule has 0 amide bonds. The summed E-state index contributed by atoms with van der Waals surface area (Å²) in [4.78, 5) is 22.7. The van der Waals surface area contributed by atoms with E-state index < -0.39 is 5.97 Å². The molecule has 2 rings (SSSR count). The molecule has 0 aliphatic rings. The summed E-state index contributed by atoms with van der Waals surface area (Å²) in [6.45, 7) is -0.110. The molecule has 6 heteroatoms. The zero-order chi connectivity index (χ0) is 12.8. The molecule has 0 saturated heterocycles. The maximum absolute atomic E-state index is 10.9. The maximum Gasteiger partial charge on any atom is 0.343 e. The third-order valence-corrected chi connectivity index (χ3v) is 2.19. The van der Waals surface area contributed by atoms with Crippen molar-refractivity contribution in [3.05, 3.63) is 36.9 Å². The van der Waals surface area contributed by atoms with Gasteiger partial charge in [-0.25, -0.2) is 19.7 Å². The highest BCUT2D eigenvalue weighted by molar-refractivity contribution is 5.70. The van der Waals surface area contributed by atoms with Crippen molar-refractivity contribution in [1.82, 2.24) is 15.0 Å². The summed E-state index contributed by atoms with van der Waals surface area (Å²) in [5.41, 5.74) is 0.850. The Bertz CT molecular complexity index is 514. The van der Waals surface area contributed by atoms with Crippen LogP contribution in [0.1, 0.15) is 0 Å². The Morgan fingerprint density at radius 1 is 1.17 bits per heavy atom. The summed E-state index contributed by atoms with van der Waals surface area (Å²) in [6.07, 6.45) is 2.87. The molecule has 0 spiro atoms. The highest BCUT2D eigenvalue weighted by Gasteiger charge is 2.03. The van der Waals surface area contributed by atoms with Crippen LogP contribution in [0.2, 0.25) is 0 Å². The van der Waals surface area contributed by atoms with Gasteiger partial charge in [0.05, 0.1) is 7.11 Å². The van der Waals surface area contributed by atoms with E-state index in [1.165, 1.54) is 19.8 Å². The molecule has 1 aromatic heterocycles. The number of nitrogens with zero attached hydrogens (tertiary/aromatic N) is 3. The molecule has 92 valence electrons. The number of carbonyl (C=O) groups is 1. The molecule has 0 aliphatic heterocycles. The van der Waals surface area contributed by atoms with Gasteiger partial charge < -0.3 is 9.47 Å². The smallest absolute Gasteiger partial charge is 0.343 e. The van der Waals surface area contributed by atoms with Crippen molar-refractivity contribution in [2.24, 2.45) is 0 Å². The molecule has 6 nitrogen and oxygen atoms in total. The summed E-state index contributed by atoms with van der Waals surface area (Å²) < 4.78 is 9.70. The van der Waals surface area contributed by atoms with E-state index in [-0.39, 0.29) is 6.61 Å². The van der Waals surface area contributed by atoms with Crippen LogP contribution in [0.3, 0.4) is 0 Å². The topological polar surface area (TPSA) is 74.2 Å². The van der Waals surface area contributed by atoms with Crippen LogP contribution in [0.4, 0.5) is 0 Å². The number of hydrogen-bond acceptors (Lipinski definition) is 6. The Kier molecular flexibility index (Phi) is 3.80. The number of rotatable bonds is 4. The Labute approximate surface area is 104 Å². The van der Waals surface area contributed by atoms with E-state index >= 15 is 0 Å². The van der Waals surface area contributed by atoms with Gasteiger partial charge in [-0.15, -0.1) is 0 Å². The molecule has 1 aromatic carbocycles. The quantitative estimate of drug-likeness (QED) is 0.751. The Morgan fingerprint density at radius 2 is 1.83 bits per heavy atom. The first-order chi connectivity index (χ1) is 8.79. The average molecular weight is 245 g/mol. The lowest BCUT2D eigenvalue weighted by molar-refractivity contribution is -0.142. The SMILES string of the molecule is COC(=O)COc1ccc(-c2ncncn2)cc1. The van der Waals surface area contributed by atoms with E-state index in [0.29, 0.717) is 11.6 Å². The van der Waals surface area contributed by atoms with E-state index in [1.54, 1.807) is 12.1 Å². The standard InChI is InChI=1S/C12H11N3O3/c1-17-11(16)6-18-10-4-2-9(3-5-10)12-14-7-13-8-15-12/h2-5,7-8H,6H2,1H3. The van der Waals surface area contributed by atoms with Gasteiger partial charge in [0.2, 0.25) is 0 Å². The molecule has 0 atom stereocenters. The highest BCUT2D eigenvalue weighted by atomic mass is 16.6. The largest absolute Gasteiger partial charge is 0.482 e. The number of carbonyl (C=O) groups excluding carboxylic acids is 1. The van der Waals surface area contributed by atoms with Crippen molar-refractivity contribution < 1.29 is 14.3 Å². The maximum atomic E-state index is 10.9. The van der Waals surface area contributed by atoms with Crippen molar-refractivity contribution >= 4 is 5.97 Å². The number of hydrogen-bond donors (Lipinski definition) is 0. The van der Waals surface area contributed by atoms with Crippen molar-refractivity contribution in [1.29, 1.82) is 0 Å². The predicted molar refractivity (Wildman–Crippen MR) is 62.8 cm³/mol. The van der Waals surface area contributed by atoms with Gasteiger partial charge in [0.1, 0.15) is 18.4 Å². The number of methoxy groups -OCH3 is 1. The van der Waals surface area contributed by atoms with Crippen LogP contribution in [-0.4, -0.2) is 34.6 Å². The zero-order valence-corrected chi connectivity index (χ0v) is 9.74. The molecule has 18 heavy (non-hydrogen) atoms. The first-order valence-electron chi connectivity index (χ1n) is 5.21. The first-order valence-corrected chi connectivity index (χ1v) is 5.21. The predicted octanol–water partition coefficient (Wildman–Crippen LogP) is 1.09. The number of aromatic nitrogens is 3. The van der Waals surface area contributed by atoms with Gasteiger partial charge in [-0.3, -0.25) is 0 Å². The lowest BCUT2D eigenvalue weighted by atomic mass is 10.2. The van der Waals surface area contributed by atoms with Gasteiger partial charge in [0.15, 0.2) is 12.4 Å². The van der Waals surface area contributed by atoms with E-state index in [1.807, 2.05) is 12.1 Å². The van der Waals surface area contributed by atoms with Gasteiger partial charge in [-0.2, -0.15) is 0 Å². The average Bonchev–Trinajstić information content (AvgIpc) is 2.46. The summed E-state index contributed by atoms with van der Waals surface area (Å²) >= 11 is 0. The number of esters is 1. The van der Waals surface area contributed by atoms with Crippen LogP contribution in [0.5, 0.6) is 5.75 Å². The van der Waals surface area contributed by atoms with Crippen LogP contribution in [0, 0.1) is 0 Å². The van der Waals surface area contributed by atoms with Gasteiger partial charge >= 0.3 is 5.97 Å². The highest BCUT2D eigenvalue weighted by Crippen LogP contribution is 2.18. The first kappa shape index (κ1) is 12.0. The zero-order valence-electron chi connectivity index (χ0n) is 9.74. The van der Waals surface area contributed by atoms with Crippen LogP contribution in [0.25, 0.3) is 11.4 Å².